The van der Waals surface area contributed by atoms with E-state index in [4.69, 9.17) is 14.6 Å². The summed E-state index contributed by atoms with van der Waals surface area (Å²) in [6.07, 6.45) is -0.113. The van der Waals surface area contributed by atoms with E-state index in [0.717, 1.165) is 0 Å². The third-order valence-electron chi connectivity index (χ3n) is 2.17. The summed E-state index contributed by atoms with van der Waals surface area (Å²) in [5.74, 6) is -0.566. The molecule has 0 aliphatic rings. The molecule has 1 aromatic rings. The van der Waals surface area contributed by atoms with Gasteiger partial charge in [-0.2, -0.15) is 0 Å². The number of carboxylic acids is 1. The molecule has 1 atom stereocenters. The van der Waals surface area contributed by atoms with Gasteiger partial charge in [0.1, 0.15) is 6.10 Å². The summed E-state index contributed by atoms with van der Waals surface area (Å²) in [4.78, 5) is 14.9. The first-order valence-electron chi connectivity index (χ1n) is 5.50. The molecular formula is C12H17NO4. The summed E-state index contributed by atoms with van der Waals surface area (Å²) in [5.41, 5.74) is 0.633. The molecule has 0 spiro atoms. The molecule has 0 bridgehead atoms. The molecule has 1 N–H and O–H groups in total. The number of aryl methyl sites for hydroxylation is 1. The van der Waals surface area contributed by atoms with E-state index >= 15 is 0 Å². The quantitative estimate of drug-likeness (QED) is 0.821. The van der Waals surface area contributed by atoms with Crippen molar-refractivity contribution in [3.05, 3.63) is 23.4 Å². The van der Waals surface area contributed by atoms with E-state index in [2.05, 4.69) is 4.98 Å². The first kappa shape index (κ1) is 13.4. The SMILES string of the molecule is CCOCC(C)Oc1ccc(C(=O)O)c(C)n1. The molecular weight excluding hydrogens is 222 g/mol. The second kappa shape index (κ2) is 6.20. The van der Waals surface area contributed by atoms with Crippen molar-refractivity contribution in [2.24, 2.45) is 0 Å². The normalized spacial score (nSPS) is 12.2. The number of pyridine rings is 1. The molecule has 0 saturated heterocycles. The zero-order chi connectivity index (χ0) is 12.8. The van der Waals surface area contributed by atoms with Gasteiger partial charge in [-0.1, -0.05) is 0 Å². The van der Waals surface area contributed by atoms with Crippen LogP contribution in [0.1, 0.15) is 29.9 Å². The fourth-order valence-electron chi connectivity index (χ4n) is 1.35. The van der Waals surface area contributed by atoms with Crippen molar-refractivity contribution in [2.75, 3.05) is 13.2 Å². The number of nitrogens with zero attached hydrogens (tertiary/aromatic N) is 1. The van der Waals surface area contributed by atoms with E-state index in [-0.39, 0.29) is 11.7 Å². The maximum Gasteiger partial charge on any atom is 0.337 e. The van der Waals surface area contributed by atoms with Gasteiger partial charge in [0.05, 0.1) is 17.9 Å². The molecule has 0 radical (unpaired) electrons. The van der Waals surface area contributed by atoms with E-state index in [9.17, 15) is 4.79 Å². The Kier molecular flexibility index (Phi) is 4.90. The van der Waals surface area contributed by atoms with Gasteiger partial charge in [0.2, 0.25) is 5.88 Å². The van der Waals surface area contributed by atoms with Crippen LogP contribution in [0.5, 0.6) is 5.88 Å². The Labute approximate surface area is 100 Å². The van der Waals surface area contributed by atoms with Gasteiger partial charge in [0.15, 0.2) is 0 Å². The Bertz CT molecular complexity index is 392. The van der Waals surface area contributed by atoms with Crippen molar-refractivity contribution < 1.29 is 19.4 Å². The van der Waals surface area contributed by atoms with Crippen LogP contribution in [0.2, 0.25) is 0 Å². The second-order valence-corrected chi connectivity index (χ2v) is 3.68. The van der Waals surface area contributed by atoms with Crippen molar-refractivity contribution in [1.82, 2.24) is 4.98 Å². The van der Waals surface area contributed by atoms with Crippen molar-refractivity contribution in [3.8, 4) is 5.88 Å². The van der Waals surface area contributed by atoms with Gasteiger partial charge in [-0.25, -0.2) is 9.78 Å². The Hall–Kier alpha value is -1.62. The Morgan fingerprint density at radius 3 is 2.76 bits per heavy atom. The largest absolute Gasteiger partial charge is 0.478 e. The number of aromatic carboxylic acids is 1. The standard InChI is InChI=1S/C12H17NO4/c1-4-16-7-8(2)17-11-6-5-10(12(14)15)9(3)13-11/h5-6,8H,4,7H2,1-3H3,(H,14,15). The van der Waals surface area contributed by atoms with E-state index in [0.29, 0.717) is 24.8 Å². The lowest BCUT2D eigenvalue weighted by molar-refractivity contribution is 0.0630. The topological polar surface area (TPSA) is 68.7 Å². The third-order valence-corrected chi connectivity index (χ3v) is 2.17. The van der Waals surface area contributed by atoms with Crippen molar-refractivity contribution >= 4 is 5.97 Å². The van der Waals surface area contributed by atoms with E-state index in [1.807, 2.05) is 13.8 Å². The molecule has 1 heterocycles. The fraction of sp³-hybridized carbons (Fsp3) is 0.500. The molecule has 0 aliphatic heterocycles. The van der Waals surface area contributed by atoms with Gasteiger partial charge in [-0.3, -0.25) is 0 Å². The minimum absolute atomic E-state index is 0.113. The highest BCUT2D eigenvalue weighted by atomic mass is 16.5. The smallest absolute Gasteiger partial charge is 0.337 e. The summed E-state index contributed by atoms with van der Waals surface area (Å²) in [7, 11) is 0. The molecule has 0 aliphatic carbocycles. The highest BCUT2D eigenvalue weighted by Gasteiger charge is 2.11. The van der Waals surface area contributed by atoms with Gasteiger partial charge >= 0.3 is 5.97 Å². The molecule has 0 aromatic carbocycles. The third kappa shape index (κ3) is 4.03. The maximum atomic E-state index is 10.8. The lowest BCUT2D eigenvalue weighted by Crippen LogP contribution is -2.20. The van der Waals surface area contributed by atoms with Gasteiger partial charge < -0.3 is 14.6 Å². The number of ether oxygens (including phenoxy) is 2. The first-order valence-corrected chi connectivity index (χ1v) is 5.50. The zero-order valence-corrected chi connectivity index (χ0v) is 10.3. The molecule has 94 valence electrons. The lowest BCUT2D eigenvalue weighted by Gasteiger charge is -2.14. The Balaban J connectivity index is 2.67. The summed E-state index contributed by atoms with van der Waals surface area (Å²) < 4.78 is 10.7. The second-order valence-electron chi connectivity index (χ2n) is 3.68. The Morgan fingerprint density at radius 1 is 1.53 bits per heavy atom. The number of carbonyl (C=O) groups is 1. The van der Waals surface area contributed by atoms with E-state index in [1.165, 1.54) is 6.07 Å². The van der Waals surface area contributed by atoms with Crippen LogP contribution in [0.25, 0.3) is 0 Å². The summed E-state index contributed by atoms with van der Waals surface area (Å²) >= 11 is 0. The summed E-state index contributed by atoms with van der Waals surface area (Å²) in [6.45, 7) is 6.55. The van der Waals surface area contributed by atoms with Crippen LogP contribution in [0, 0.1) is 6.92 Å². The van der Waals surface area contributed by atoms with E-state index < -0.39 is 5.97 Å². The van der Waals surface area contributed by atoms with E-state index in [1.54, 1.807) is 13.0 Å². The van der Waals surface area contributed by atoms with Crippen LogP contribution >= 0.6 is 0 Å². The van der Waals surface area contributed by atoms with Gasteiger partial charge in [-0.15, -0.1) is 0 Å². The first-order chi connectivity index (χ1) is 8.04. The van der Waals surface area contributed by atoms with Crippen molar-refractivity contribution in [2.45, 2.75) is 26.9 Å². The molecule has 17 heavy (non-hydrogen) atoms. The molecule has 0 fully saturated rings. The predicted octanol–water partition coefficient (Wildman–Crippen LogP) is 1.89. The number of hydrogen-bond acceptors (Lipinski definition) is 4. The Morgan fingerprint density at radius 2 is 2.24 bits per heavy atom. The highest BCUT2D eigenvalue weighted by Crippen LogP contribution is 2.13. The highest BCUT2D eigenvalue weighted by molar-refractivity contribution is 5.88. The monoisotopic (exact) mass is 239 g/mol. The number of hydrogen-bond donors (Lipinski definition) is 1. The molecule has 5 nitrogen and oxygen atoms in total. The molecule has 0 saturated carbocycles. The summed E-state index contributed by atoms with van der Waals surface area (Å²) in [6, 6.07) is 3.05. The molecule has 0 amide bonds. The lowest BCUT2D eigenvalue weighted by atomic mass is 10.2. The van der Waals surface area contributed by atoms with Crippen molar-refractivity contribution in [3.63, 3.8) is 0 Å². The fourth-order valence-corrected chi connectivity index (χ4v) is 1.35. The van der Waals surface area contributed by atoms with Crippen LogP contribution < -0.4 is 4.74 Å². The van der Waals surface area contributed by atoms with Crippen LogP contribution in [0.3, 0.4) is 0 Å². The number of aromatic nitrogens is 1. The predicted molar refractivity (Wildman–Crippen MR) is 62.5 cm³/mol. The van der Waals surface area contributed by atoms with Crippen molar-refractivity contribution in [1.29, 1.82) is 0 Å². The molecule has 1 rings (SSSR count). The molecule has 1 unspecified atom stereocenters. The van der Waals surface area contributed by atoms with Gasteiger partial charge in [0, 0.05) is 12.7 Å². The summed E-state index contributed by atoms with van der Waals surface area (Å²) in [5, 5.41) is 8.85. The zero-order valence-electron chi connectivity index (χ0n) is 10.3. The van der Waals surface area contributed by atoms with Crippen LogP contribution in [-0.2, 0) is 4.74 Å². The van der Waals surface area contributed by atoms with Gasteiger partial charge in [-0.05, 0) is 26.8 Å². The minimum atomic E-state index is -0.982. The number of rotatable bonds is 6. The van der Waals surface area contributed by atoms with Crippen LogP contribution in [0.4, 0.5) is 0 Å². The van der Waals surface area contributed by atoms with Gasteiger partial charge in [0.25, 0.3) is 0 Å². The molecule has 1 aromatic heterocycles. The average molecular weight is 239 g/mol. The average Bonchev–Trinajstić information content (AvgIpc) is 2.26. The van der Waals surface area contributed by atoms with Crippen LogP contribution in [-0.4, -0.2) is 35.4 Å². The maximum absolute atomic E-state index is 10.8. The number of carboxylic acid groups (broad SMARTS) is 1. The molecule has 5 heteroatoms. The minimum Gasteiger partial charge on any atom is -0.478 e. The van der Waals surface area contributed by atoms with Crippen LogP contribution in [0.15, 0.2) is 12.1 Å².